The quantitative estimate of drug-likeness (QED) is 0.616. The van der Waals surface area contributed by atoms with Gasteiger partial charge in [0.05, 0.1) is 5.03 Å². The lowest BCUT2D eigenvalue weighted by molar-refractivity contribution is 1.07. The molecule has 1 rings (SSSR count). The summed E-state index contributed by atoms with van der Waals surface area (Å²) in [5, 5.41) is 1.49. The van der Waals surface area contributed by atoms with Crippen molar-refractivity contribution < 1.29 is 0 Å². The molecule has 0 saturated carbocycles. The summed E-state index contributed by atoms with van der Waals surface area (Å²) in [6, 6.07) is 3.75. The number of hydrogen-bond donors (Lipinski definition) is 1. The Bertz CT molecular complexity index is 310. The van der Waals surface area contributed by atoms with E-state index in [1.165, 1.54) is 0 Å². The average Bonchev–Trinajstić information content (AvgIpc) is 2.03. The van der Waals surface area contributed by atoms with Gasteiger partial charge in [0.2, 0.25) is 0 Å². The number of hydrogen-bond acceptors (Lipinski definition) is 3. The summed E-state index contributed by atoms with van der Waals surface area (Å²) in [5.41, 5.74) is 6.39. The van der Waals surface area contributed by atoms with Crippen LogP contribution in [0, 0.1) is 0 Å². The Balaban J connectivity index is 2.85. The maximum atomic E-state index is 5.51. The van der Waals surface area contributed by atoms with Crippen LogP contribution in [0.1, 0.15) is 19.4 Å². The van der Waals surface area contributed by atoms with Crippen LogP contribution in [0.25, 0.3) is 0 Å². The summed E-state index contributed by atoms with van der Waals surface area (Å²) in [4.78, 5) is 4.63. The van der Waals surface area contributed by atoms with E-state index in [1.807, 2.05) is 12.1 Å². The van der Waals surface area contributed by atoms with E-state index < -0.39 is 0 Å². The van der Waals surface area contributed by atoms with Gasteiger partial charge in [0.25, 0.3) is 0 Å². The number of nitrogens with two attached hydrogens (primary N) is 1. The van der Waals surface area contributed by atoms with Gasteiger partial charge in [0, 0.05) is 17.0 Å². The van der Waals surface area contributed by atoms with Crippen LogP contribution in [0.15, 0.2) is 23.4 Å². The molecule has 0 aromatic carbocycles. The van der Waals surface area contributed by atoms with Crippen LogP contribution >= 0.6 is 24.0 Å². The molecule has 1 aromatic rings. The Morgan fingerprint density at radius 2 is 2.31 bits per heavy atom. The molecular formula is C9H12N2S2. The smallest absolute Gasteiger partial charge is 0.104 e. The van der Waals surface area contributed by atoms with Gasteiger partial charge in [-0.05, 0) is 12.1 Å². The molecule has 0 amide bonds. The molecule has 0 bridgehead atoms. The van der Waals surface area contributed by atoms with E-state index in [0.29, 0.717) is 10.2 Å². The van der Waals surface area contributed by atoms with Crippen LogP contribution < -0.4 is 5.73 Å². The highest BCUT2D eigenvalue weighted by molar-refractivity contribution is 7.99. The summed E-state index contributed by atoms with van der Waals surface area (Å²) >= 11 is 6.58. The van der Waals surface area contributed by atoms with Crippen molar-refractivity contribution in [1.82, 2.24) is 4.98 Å². The molecule has 0 saturated heterocycles. The van der Waals surface area contributed by atoms with E-state index in [0.717, 1.165) is 10.6 Å². The van der Waals surface area contributed by atoms with E-state index in [-0.39, 0.29) is 0 Å². The predicted octanol–water partition coefficient (Wildman–Crippen LogP) is 2.22. The second kappa shape index (κ2) is 4.58. The van der Waals surface area contributed by atoms with Gasteiger partial charge >= 0.3 is 0 Å². The average molecular weight is 212 g/mol. The second-order valence-corrected chi connectivity index (χ2v) is 4.95. The van der Waals surface area contributed by atoms with Gasteiger partial charge in [0.1, 0.15) is 4.99 Å². The highest BCUT2D eigenvalue weighted by Crippen LogP contribution is 2.20. The molecule has 13 heavy (non-hydrogen) atoms. The van der Waals surface area contributed by atoms with Crippen molar-refractivity contribution in [3.05, 3.63) is 23.9 Å². The molecule has 70 valence electrons. The van der Waals surface area contributed by atoms with E-state index >= 15 is 0 Å². The molecule has 0 spiro atoms. The predicted molar refractivity (Wildman–Crippen MR) is 61.1 cm³/mol. The van der Waals surface area contributed by atoms with Gasteiger partial charge in [-0.1, -0.05) is 26.1 Å². The molecule has 0 atom stereocenters. The summed E-state index contributed by atoms with van der Waals surface area (Å²) < 4.78 is 0. The second-order valence-electron chi connectivity index (χ2n) is 2.91. The standard InChI is InChI=1S/C9H12N2S2/c1-6(2)13-8-5-7(9(10)12)3-4-11-8/h3-6H,1-2H3,(H2,10,12). The Labute approximate surface area is 87.9 Å². The Kier molecular flexibility index (Phi) is 3.69. The minimum absolute atomic E-state index is 0.424. The van der Waals surface area contributed by atoms with Gasteiger partial charge in [0.15, 0.2) is 0 Å². The monoisotopic (exact) mass is 212 g/mol. The molecule has 1 aromatic heterocycles. The maximum Gasteiger partial charge on any atom is 0.104 e. The zero-order valence-electron chi connectivity index (χ0n) is 7.65. The Hall–Kier alpha value is -0.610. The lowest BCUT2D eigenvalue weighted by atomic mass is 10.3. The van der Waals surface area contributed by atoms with E-state index in [9.17, 15) is 0 Å². The zero-order chi connectivity index (χ0) is 9.84. The summed E-state index contributed by atoms with van der Waals surface area (Å²) in [7, 11) is 0. The number of thiocarbonyl (C=S) groups is 1. The van der Waals surface area contributed by atoms with Crippen LogP contribution in [0.5, 0.6) is 0 Å². The lowest BCUT2D eigenvalue weighted by Crippen LogP contribution is -2.09. The van der Waals surface area contributed by atoms with Crippen LogP contribution in [0.3, 0.4) is 0 Å². The largest absolute Gasteiger partial charge is 0.389 e. The van der Waals surface area contributed by atoms with Crippen molar-refractivity contribution in [2.45, 2.75) is 24.1 Å². The van der Waals surface area contributed by atoms with Crippen molar-refractivity contribution in [3.8, 4) is 0 Å². The number of aromatic nitrogens is 1. The van der Waals surface area contributed by atoms with Crippen LogP contribution in [-0.2, 0) is 0 Å². The van der Waals surface area contributed by atoms with E-state index in [4.69, 9.17) is 18.0 Å². The molecule has 0 aliphatic rings. The van der Waals surface area contributed by atoms with Crippen LogP contribution in [-0.4, -0.2) is 15.2 Å². The third kappa shape index (κ3) is 3.32. The zero-order valence-corrected chi connectivity index (χ0v) is 9.28. The van der Waals surface area contributed by atoms with Crippen molar-refractivity contribution in [3.63, 3.8) is 0 Å². The number of pyridine rings is 1. The summed E-state index contributed by atoms with van der Waals surface area (Å²) in [6.45, 7) is 4.25. The highest BCUT2D eigenvalue weighted by atomic mass is 32.2. The van der Waals surface area contributed by atoms with Crippen molar-refractivity contribution in [1.29, 1.82) is 0 Å². The number of rotatable bonds is 3. The van der Waals surface area contributed by atoms with Gasteiger partial charge in [-0.25, -0.2) is 4.98 Å². The number of nitrogens with zero attached hydrogens (tertiary/aromatic N) is 1. The fourth-order valence-electron chi connectivity index (χ4n) is 0.869. The molecule has 0 radical (unpaired) electrons. The minimum Gasteiger partial charge on any atom is -0.389 e. The third-order valence-electron chi connectivity index (χ3n) is 1.38. The van der Waals surface area contributed by atoms with Crippen LogP contribution in [0.2, 0.25) is 0 Å². The first-order valence-corrected chi connectivity index (χ1v) is 5.31. The number of thioether (sulfide) groups is 1. The first-order valence-electron chi connectivity index (χ1n) is 4.02. The fourth-order valence-corrected chi connectivity index (χ4v) is 1.80. The molecule has 0 fully saturated rings. The molecule has 2 N–H and O–H groups in total. The third-order valence-corrected chi connectivity index (χ3v) is 2.55. The van der Waals surface area contributed by atoms with Gasteiger partial charge in [-0.2, -0.15) is 0 Å². The Morgan fingerprint density at radius 3 is 2.85 bits per heavy atom. The molecule has 0 aliphatic heterocycles. The van der Waals surface area contributed by atoms with Gasteiger partial charge in [-0.15, -0.1) is 11.8 Å². The maximum absolute atomic E-state index is 5.51. The van der Waals surface area contributed by atoms with E-state index in [1.54, 1.807) is 18.0 Å². The first kappa shape index (κ1) is 10.5. The summed E-state index contributed by atoms with van der Waals surface area (Å²) in [5.74, 6) is 0. The normalized spacial score (nSPS) is 10.4. The Morgan fingerprint density at radius 1 is 1.62 bits per heavy atom. The van der Waals surface area contributed by atoms with Crippen molar-refractivity contribution >= 4 is 29.0 Å². The van der Waals surface area contributed by atoms with E-state index in [2.05, 4.69) is 18.8 Å². The molecule has 4 heteroatoms. The van der Waals surface area contributed by atoms with Gasteiger partial charge in [-0.3, -0.25) is 0 Å². The fraction of sp³-hybridized carbons (Fsp3) is 0.333. The molecule has 0 unspecified atom stereocenters. The SMILES string of the molecule is CC(C)Sc1cc(C(N)=S)ccn1. The first-order chi connectivity index (χ1) is 6.09. The minimum atomic E-state index is 0.424. The lowest BCUT2D eigenvalue weighted by Gasteiger charge is -2.04. The summed E-state index contributed by atoms with van der Waals surface area (Å²) in [6.07, 6.45) is 1.74. The van der Waals surface area contributed by atoms with Gasteiger partial charge < -0.3 is 5.73 Å². The molecule has 0 aliphatic carbocycles. The molecule has 2 nitrogen and oxygen atoms in total. The van der Waals surface area contributed by atoms with Crippen LogP contribution in [0.4, 0.5) is 0 Å². The molecule has 1 heterocycles. The highest BCUT2D eigenvalue weighted by Gasteiger charge is 2.02. The topological polar surface area (TPSA) is 38.9 Å². The van der Waals surface area contributed by atoms with Crippen molar-refractivity contribution in [2.75, 3.05) is 0 Å². The molecular weight excluding hydrogens is 200 g/mol. The van der Waals surface area contributed by atoms with Crippen molar-refractivity contribution in [2.24, 2.45) is 5.73 Å².